The third kappa shape index (κ3) is 2.09. The van der Waals surface area contributed by atoms with E-state index >= 15 is 0 Å². The lowest BCUT2D eigenvalue weighted by Crippen LogP contribution is -2.05. The summed E-state index contributed by atoms with van der Waals surface area (Å²) >= 11 is 5.65. The van der Waals surface area contributed by atoms with Gasteiger partial charge in [-0.15, -0.1) is 0 Å². The fourth-order valence-electron chi connectivity index (χ4n) is 1.29. The molecule has 0 aliphatic heterocycles. The van der Waals surface area contributed by atoms with Gasteiger partial charge in [-0.25, -0.2) is 4.39 Å². The topological polar surface area (TPSA) is 30.0 Å². The van der Waals surface area contributed by atoms with Crippen LogP contribution in [0.3, 0.4) is 0 Å². The highest BCUT2D eigenvalue weighted by Gasteiger charge is 2.14. The second-order valence-electron chi connectivity index (χ2n) is 3.17. The number of aromatic nitrogens is 1. The highest BCUT2D eigenvalue weighted by atomic mass is 35.5. The van der Waals surface area contributed by atoms with Gasteiger partial charge < -0.3 is 0 Å². The molecule has 0 N–H and O–H groups in total. The van der Waals surface area contributed by atoms with Gasteiger partial charge in [0.1, 0.15) is 11.5 Å². The molecule has 4 heteroatoms. The molecule has 0 bridgehead atoms. The zero-order valence-corrected chi connectivity index (χ0v) is 8.91. The summed E-state index contributed by atoms with van der Waals surface area (Å²) in [5.74, 6) is -1.00. The van der Waals surface area contributed by atoms with Gasteiger partial charge in [0.2, 0.25) is 5.78 Å². The van der Waals surface area contributed by atoms with E-state index in [1.54, 1.807) is 12.1 Å². The van der Waals surface area contributed by atoms with Crippen LogP contribution in [0.2, 0.25) is 5.02 Å². The Hall–Kier alpha value is -1.74. The van der Waals surface area contributed by atoms with Crippen molar-refractivity contribution in [2.75, 3.05) is 0 Å². The zero-order chi connectivity index (χ0) is 11.5. The molecule has 2 aromatic rings. The number of nitrogens with zero attached hydrogens (tertiary/aromatic N) is 1. The van der Waals surface area contributed by atoms with Crippen LogP contribution in [-0.2, 0) is 0 Å². The van der Waals surface area contributed by atoms with Gasteiger partial charge in [-0.1, -0.05) is 23.7 Å². The van der Waals surface area contributed by atoms with Gasteiger partial charge >= 0.3 is 0 Å². The van der Waals surface area contributed by atoms with E-state index in [9.17, 15) is 9.18 Å². The standard InChI is InChI=1S/C12H7ClFNO/c13-8-5-6-11(15-7-8)12(16)9-3-1-2-4-10(9)14/h1-7H. The third-order valence-corrected chi connectivity index (χ3v) is 2.30. The van der Waals surface area contributed by atoms with Crippen LogP contribution in [-0.4, -0.2) is 10.8 Å². The van der Waals surface area contributed by atoms with E-state index in [1.165, 1.54) is 30.5 Å². The van der Waals surface area contributed by atoms with Crippen molar-refractivity contribution in [3.8, 4) is 0 Å². The van der Waals surface area contributed by atoms with E-state index in [0.29, 0.717) is 5.02 Å². The monoisotopic (exact) mass is 235 g/mol. The number of halogens is 2. The second-order valence-corrected chi connectivity index (χ2v) is 3.61. The molecule has 0 spiro atoms. The maximum atomic E-state index is 13.3. The number of carbonyl (C=O) groups excluding carboxylic acids is 1. The largest absolute Gasteiger partial charge is 0.287 e. The van der Waals surface area contributed by atoms with E-state index in [0.717, 1.165) is 0 Å². The first-order chi connectivity index (χ1) is 7.68. The van der Waals surface area contributed by atoms with Crippen LogP contribution in [0.4, 0.5) is 4.39 Å². The van der Waals surface area contributed by atoms with Crippen LogP contribution < -0.4 is 0 Å². The summed E-state index contributed by atoms with van der Waals surface area (Å²) in [6.07, 6.45) is 1.36. The fraction of sp³-hybridized carbons (Fsp3) is 0. The lowest BCUT2D eigenvalue weighted by atomic mass is 10.1. The molecular weight excluding hydrogens is 229 g/mol. The number of pyridine rings is 1. The van der Waals surface area contributed by atoms with Gasteiger partial charge in [-0.2, -0.15) is 0 Å². The Morgan fingerprint density at radius 3 is 2.56 bits per heavy atom. The molecule has 0 saturated heterocycles. The van der Waals surface area contributed by atoms with Gasteiger partial charge in [0.05, 0.1) is 10.6 Å². The summed E-state index contributed by atoms with van der Waals surface area (Å²) in [7, 11) is 0. The molecule has 0 saturated carbocycles. The summed E-state index contributed by atoms with van der Waals surface area (Å²) in [5, 5.41) is 0.435. The average molecular weight is 236 g/mol. The van der Waals surface area contributed by atoms with E-state index in [4.69, 9.17) is 11.6 Å². The van der Waals surface area contributed by atoms with E-state index in [-0.39, 0.29) is 11.3 Å². The van der Waals surface area contributed by atoms with Crippen molar-refractivity contribution in [3.05, 3.63) is 64.7 Å². The predicted molar refractivity (Wildman–Crippen MR) is 59.1 cm³/mol. The van der Waals surface area contributed by atoms with E-state index in [1.807, 2.05) is 0 Å². The molecule has 1 aromatic carbocycles. The molecule has 2 rings (SSSR count). The maximum Gasteiger partial charge on any atom is 0.214 e. The Bertz CT molecular complexity index is 525. The number of rotatable bonds is 2. The summed E-state index contributed by atoms with van der Waals surface area (Å²) in [4.78, 5) is 15.7. The van der Waals surface area contributed by atoms with Gasteiger partial charge in [0.25, 0.3) is 0 Å². The Morgan fingerprint density at radius 1 is 1.19 bits per heavy atom. The third-order valence-electron chi connectivity index (χ3n) is 2.08. The van der Waals surface area contributed by atoms with Crippen LogP contribution in [0.25, 0.3) is 0 Å². The number of carbonyl (C=O) groups is 1. The molecule has 16 heavy (non-hydrogen) atoms. The lowest BCUT2D eigenvalue weighted by molar-refractivity contribution is 0.103. The Kier molecular flexibility index (Phi) is 2.97. The van der Waals surface area contributed by atoms with Crippen molar-refractivity contribution < 1.29 is 9.18 Å². The van der Waals surface area contributed by atoms with Gasteiger partial charge in [-0.05, 0) is 24.3 Å². The smallest absolute Gasteiger partial charge is 0.214 e. The van der Waals surface area contributed by atoms with E-state index < -0.39 is 11.6 Å². The molecule has 1 aromatic heterocycles. The summed E-state index contributed by atoms with van der Waals surface area (Å²) in [6.45, 7) is 0. The molecule has 0 amide bonds. The molecule has 0 unspecified atom stereocenters. The molecule has 0 aliphatic carbocycles. The molecule has 0 fully saturated rings. The number of ketones is 1. The van der Waals surface area contributed by atoms with Crippen LogP contribution >= 0.6 is 11.6 Å². The second kappa shape index (κ2) is 4.41. The summed E-state index contributed by atoms with van der Waals surface area (Å²) in [6, 6.07) is 8.81. The normalized spacial score (nSPS) is 10.1. The van der Waals surface area contributed by atoms with Gasteiger partial charge in [0, 0.05) is 6.20 Å². The van der Waals surface area contributed by atoms with Crippen molar-refractivity contribution in [2.45, 2.75) is 0 Å². The van der Waals surface area contributed by atoms with E-state index in [2.05, 4.69) is 4.98 Å². The van der Waals surface area contributed by atoms with Crippen LogP contribution in [0.15, 0.2) is 42.6 Å². The molecule has 2 nitrogen and oxygen atoms in total. The van der Waals surface area contributed by atoms with Crippen LogP contribution in [0.5, 0.6) is 0 Å². The summed E-state index contributed by atoms with van der Waals surface area (Å²) < 4.78 is 13.3. The lowest BCUT2D eigenvalue weighted by Gasteiger charge is -2.01. The molecule has 80 valence electrons. The zero-order valence-electron chi connectivity index (χ0n) is 8.15. The number of benzene rings is 1. The quantitative estimate of drug-likeness (QED) is 0.749. The van der Waals surface area contributed by atoms with Crippen molar-refractivity contribution in [1.82, 2.24) is 4.98 Å². The maximum absolute atomic E-state index is 13.3. The van der Waals surface area contributed by atoms with Crippen molar-refractivity contribution in [2.24, 2.45) is 0 Å². The minimum atomic E-state index is -0.552. The van der Waals surface area contributed by atoms with Gasteiger partial charge in [0.15, 0.2) is 0 Å². The van der Waals surface area contributed by atoms with Crippen molar-refractivity contribution >= 4 is 17.4 Å². The van der Waals surface area contributed by atoms with Gasteiger partial charge in [-0.3, -0.25) is 9.78 Å². The molecule has 1 heterocycles. The number of hydrogen-bond donors (Lipinski definition) is 0. The summed E-state index contributed by atoms with van der Waals surface area (Å²) in [5.41, 5.74) is 0.187. The molecule has 0 aliphatic rings. The predicted octanol–water partition coefficient (Wildman–Crippen LogP) is 3.11. The average Bonchev–Trinajstić information content (AvgIpc) is 2.30. The van der Waals surface area contributed by atoms with Crippen LogP contribution in [0.1, 0.15) is 16.1 Å². The Labute approximate surface area is 96.7 Å². The van der Waals surface area contributed by atoms with Crippen molar-refractivity contribution in [1.29, 1.82) is 0 Å². The van der Waals surface area contributed by atoms with Crippen LogP contribution in [0, 0.1) is 5.82 Å². The molecule has 0 radical (unpaired) electrons. The first-order valence-corrected chi connectivity index (χ1v) is 4.97. The fourth-order valence-corrected chi connectivity index (χ4v) is 1.41. The molecular formula is C12H7ClFNO. The highest BCUT2D eigenvalue weighted by Crippen LogP contribution is 2.13. The SMILES string of the molecule is O=C(c1ccc(Cl)cn1)c1ccccc1F. The van der Waals surface area contributed by atoms with Crippen molar-refractivity contribution in [3.63, 3.8) is 0 Å². The number of hydrogen-bond acceptors (Lipinski definition) is 2. The first-order valence-electron chi connectivity index (χ1n) is 4.59. The highest BCUT2D eigenvalue weighted by molar-refractivity contribution is 6.30. The minimum Gasteiger partial charge on any atom is -0.287 e. The Morgan fingerprint density at radius 2 is 1.94 bits per heavy atom. The minimum absolute atomic E-state index is 0.0114. The first kappa shape index (κ1) is 10.8. The molecule has 0 atom stereocenters. The Balaban J connectivity index is 2.40.